The molecule has 6 heteroatoms. The first kappa shape index (κ1) is 21.1. The Morgan fingerprint density at radius 3 is 2.77 bits per heavy atom. The van der Waals surface area contributed by atoms with Crippen LogP contribution in [-0.4, -0.2) is 47.3 Å². The molecule has 0 spiro atoms. The van der Waals surface area contributed by atoms with Crippen LogP contribution in [0.2, 0.25) is 0 Å². The summed E-state index contributed by atoms with van der Waals surface area (Å²) >= 11 is 0. The number of amides is 1. The first-order valence-corrected chi connectivity index (χ1v) is 11.0. The summed E-state index contributed by atoms with van der Waals surface area (Å²) in [5.41, 5.74) is 3.03. The highest BCUT2D eigenvalue weighted by Gasteiger charge is 2.25. The number of benzene rings is 2. The van der Waals surface area contributed by atoms with Gasteiger partial charge < -0.3 is 15.0 Å². The first-order chi connectivity index (χ1) is 15.2. The van der Waals surface area contributed by atoms with E-state index in [0.717, 1.165) is 68.0 Å². The summed E-state index contributed by atoms with van der Waals surface area (Å²) in [4.78, 5) is 15.2. The average molecular weight is 419 g/mol. The number of anilines is 1. The second-order valence-electron chi connectivity index (χ2n) is 8.06. The van der Waals surface area contributed by atoms with E-state index in [1.54, 1.807) is 7.11 Å². The van der Waals surface area contributed by atoms with Crippen LogP contribution in [-0.2, 0) is 11.3 Å². The zero-order valence-corrected chi connectivity index (χ0v) is 18.0. The minimum absolute atomic E-state index is 0.0384. The van der Waals surface area contributed by atoms with Gasteiger partial charge in [-0.15, -0.1) is 0 Å². The summed E-state index contributed by atoms with van der Waals surface area (Å²) in [5, 5.41) is 7.36. The zero-order chi connectivity index (χ0) is 21.5. The Morgan fingerprint density at radius 2 is 2.00 bits per heavy atom. The highest BCUT2D eigenvalue weighted by molar-refractivity contribution is 5.93. The number of likely N-dealkylation sites (tertiary alicyclic amines) is 1. The molecule has 1 saturated heterocycles. The molecule has 0 aliphatic carbocycles. The fraction of sp³-hybridized carbons (Fsp3) is 0.360. The molecule has 2 heterocycles. The maximum Gasteiger partial charge on any atom is 0.228 e. The van der Waals surface area contributed by atoms with E-state index in [2.05, 4.69) is 21.4 Å². The minimum Gasteiger partial charge on any atom is -0.497 e. The molecule has 1 aliphatic heterocycles. The molecule has 1 unspecified atom stereocenters. The van der Waals surface area contributed by atoms with Gasteiger partial charge in [0.25, 0.3) is 0 Å². The number of carbonyl (C=O) groups excluding carboxylic acids is 1. The molecular weight excluding hydrogens is 388 g/mol. The largest absolute Gasteiger partial charge is 0.497 e. The molecule has 0 bridgehead atoms. The van der Waals surface area contributed by atoms with Crippen LogP contribution in [0, 0.1) is 5.92 Å². The van der Waals surface area contributed by atoms with E-state index in [1.807, 2.05) is 65.6 Å². The van der Waals surface area contributed by atoms with Gasteiger partial charge in [-0.1, -0.05) is 24.3 Å². The smallest absolute Gasteiger partial charge is 0.228 e. The number of aromatic nitrogens is 2. The van der Waals surface area contributed by atoms with Gasteiger partial charge in [0.05, 0.1) is 13.0 Å². The van der Waals surface area contributed by atoms with Crippen molar-refractivity contribution in [2.45, 2.75) is 25.8 Å². The van der Waals surface area contributed by atoms with Crippen molar-refractivity contribution in [3.63, 3.8) is 0 Å². The van der Waals surface area contributed by atoms with Crippen molar-refractivity contribution < 1.29 is 9.53 Å². The molecule has 1 atom stereocenters. The van der Waals surface area contributed by atoms with E-state index in [-0.39, 0.29) is 11.8 Å². The van der Waals surface area contributed by atoms with Crippen molar-refractivity contribution in [2.24, 2.45) is 5.92 Å². The van der Waals surface area contributed by atoms with Gasteiger partial charge in [0.2, 0.25) is 5.91 Å². The van der Waals surface area contributed by atoms with Crippen molar-refractivity contribution >= 4 is 11.6 Å². The van der Waals surface area contributed by atoms with Crippen molar-refractivity contribution in [1.82, 2.24) is 14.7 Å². The number of ether oxygens (including phenoxy) is 1. The van der Waals surface area contributed by atoms with Crippen LogP contribution < -0.4 is 10.1 Å². The Hall–Kier alpha value is -3.12. The number of nitrogens with one attached hydrogen (secondary N) is 1. The molecule has 1 amide bonds. The third kappa shape index (κ3) is 5.73. The molecule has 0 saturated carbocycles. The van der Waals surface area contributed by atoms with Gasteiger partial charge >= 0.3 is 0 Å². The van der Waals surface area contributed by atoms with Crippen LogP contribution in [0.1, 0.15) is 19.3 Å². The van der Waals surface area contributed by atoms with E-state index in [9.17, 15) is 4.79 Å². The van der Waals surface area contributed by atoms with Crippen LogP contribution in [0.4, 0.5) is 5.69 Å². The Morgan fingerprint density at radius 1 is 1.13 bits per heavy atom. The average Bonchev–Trinajstić information content (AvgIpc) is 3.33. The molecule has 31 heavy (non-hydrogen) atoms. The van der Waals surface area contributed by atoms with Crippen LogP contribution in [0.5, 0.6) is 5.75 Å². The molecule has 2 aromatic carbocycles. The Kier molecular flexibility index (Phi) is 6.99. The molecule has 1 aliphatic rings. The lowest BCUT2D eigenvalue weighted by molar-refractivity contribution is -0.121. The van der Waals surface area contributed by atoms with Gasteiger partial charge in [-0.3, -0.25) is 9.48 Å². The lowest BCUT2D eigenvalue weighted by atomic mass is 9.96. The van der Waals surface area contributed by atoms with Crippen molar-refractivity contribution in [3.05, 3.63) is 67.0 Å². The van der Waals surface area contributed by atoms with Gasteiger partial charge in [0.1, 0.15) is 5.75 Å². The number of hydrogen-bond donors (Lipinski definition) is 1. The topological polar surface area (TPSA) is 59.4 Å². The maximum absolute atomic E-state index is 12.8. The summed E-state index contributed by atoms with van der Waals surface area (Å²) in [6.07, 6.45) is 6.86. The molecule has 1 N–H and O–H groups in total. The lowest BCUT2D eigenvalue weighted by Crippen LogP contribution is -2.41. The molecule has 4 rings (SSSR count). The standard InChI is InChI=1S/C25H30N4O2/c1-31-24-8-2-6-21(18-24)20-9-11-23(12-10-20)27-25(30)22-7-3-14-28(19-22)15-5-17-29-16-4-13-26-29/h2,4,6,8-13,16,18,22H,3,5,7,14-15,17,19H2,1H3,(H,27,30). The normalized spacial score (nSPS) is 16.7. The molecule has 162 valence electrons. The fourth-order valence-corrected chi connectivity index (χ4v) is 4.15. The highest BCUT2D eigenvalue weighted by atomic mass is 16.5. The molecule has 0 radical (unpaired) electrons. The van der Waals surface area contributed by atoms with Crippen LogP contribution >= 0.6 is 0 Å². The number of methoxy groups -OCH3 is 1. The number of rotatable bonds is 8. The number of carbonyl (C=O) groups is 1. The predicted octanol–water partition coefficient (Wildman–Crippen LogP) is 4.30. The molecule has 3 aromatic rings. The van der Waals surface area contributed by atoms with E-state index in [1.165, 1.54) is 0 Å². The van der Waals surface area contributed by atoms with Gasteiger partial charge in [0, 0.05) is 31.2 Å². The quantitative estimate of drug-likeness (QED) is 0.593. The van der Waals surface area contributed by atoms with E-state index < -0.39 is 0 Å². The predicted molar refractivity (Wildman–Crippen MR) is 123 cm³/mol. The van der Waals surface area contributed by atoms with Crippen molar-refractivity contribution in [3.8, 4) is 16.9 Å². The maximum atomic E-state index is 12.8. The lowest BCUT2D eigenvalue weighted by Gasteiger charge is -2.32. The number of aryl methyl sites for hydroxylation is 1. The van der Waals surface area contributed by atoms with Crippen molar-refractivity contribution in [2.75, 3.05) is 32.1 Å². The first-order valence-electron chi connectivity index (χ1n) is 11.0. The third-order valence-corrected chi connectivity index (χ3v) is 5.85. The number of hydrogen-bond acceptors (Lipinski definition) is 4. The van der Waals surface area contributed by atoms with Crippen molar-refractivity contribution in [1.29, 1.82) is 0 Å². The molecule has 1 fully saturated rings. The van der Waals surface area contributed by atoms with Gasteiger partial charge in [0.15, 0.2) is 0 Å². The fourth-order valence-electron chi connectivity index (χ4n) is 4.15. The van der Waals surface area contributed by atoms with Crippen LogP contribution in [0.3, 0.4) is 0 Å². The Labute approximate surface area is 183 Å². The summed E-state index contributed by atoms with van der Waals surface area (Å²) < 4.78 is 7.27. The monoisotopic (exact) mass is 418 g/mol. The molecular formula is C25H30N4O2. The summed E-state index contributed by atoms with van der Waals surface area (Å²) in [6.45, 7) is 3.81. The van der Waals surface area contributed by atoms with Gasteiger partial charge in [-0.2, -0.15) is 5.10 Å². The SMILES string of the molecule is COc1cccc(-c2ccc(NC(=O)C3CCCN(CCCn4cccn4)C3)cc2)c1. The number of nitrogens with zero attached hydrogens (tertiary/aromatic N) is 3. The second-order valence-corrected chi connectivity index (χ2v) is 8.06. The summed E-state index contributed by atoms with van der Waals surface area (Å²) in [6, 6.07) is 17.9. The molecule has 6 nitrogen and oxygen atoms in total. The summed E-state index contributed by atoms with van der Waals surface area (Å²) in [5.74, 6) is 0.990. The van der Waals surface area contributed by atoms with Gasteiger partial charge in [-0.25, -0.2) is 0 Å². The summed E-state index contributed by atoms with van der Waals surface area (Å²) in [7, 11) is 1.67. The van der Waals surface area contributed by atoms with E-state index >= 15 is 0 Å². The Bertz CT molecular complexity index is 969. The third-order valence-electron chi connectivity index (χ3n) is 5.85. The zero-order valence-electron chi connectivity index (χ0n) is 18.0. The van der Waals surface area contributed by atoms with Crippen LogP contribution in [0.15, 0.2) is 67.0 Å². The highest BCUT2D eigenvalue weighted by Crippen LogP contribution is 2.26. The minimum atomic E-state index is 0.0384. The molecule has 1 aromatic heterocycles. The van der Waals surface area contributed by atoms with E-state index in [4.69, 9.17) is 4.74 Å². The van der Waals surface area contributed by atoms with Crippen LogP contribution in [0.25, 0.3) is 11.1 Å². The Balaban J connectivity index is 1.29. The number of piperidine rings is 1. The van der Waals surface area contributed by atoms with E-state index in [0.29, 0.717) is 0 Å². The van der Waals surface area contributed by atoms with Gasteiger partial charge in [-0.05, 0) is 73.8 Å². The second kappa shape index (κ2) is 10.3.